The average Bonchev–Trinajstić information content (AvgIpc) is 2.36. The largest absolute Gasteiger partial charge is 0.321 e. The van der Waals surface area contributed by atoms with Gasteiger partial charge in [-0.05, 0) is 59.1 Å². The van der Waals surface area contributed by atoms with E-state index in [9.17, 15) is 9.18 Å². The van der Waals surface area contributed by atoms with Crippen LogP contribution in [0.2, 0.25) is 0 Å². The van der Waals surface area contributed by atoms with Crippen molar-refractivity contribution in [3.8, 4) is 0 Å². The van der Waals surface area contributed by atoms with Crippen molar-refractivity contribution in [1.29, 1.82) is 0 Å². The summed E-state index contributed by atoms with van der Waals surface area (Å²) >= 11 is 3.37. The molecule has 0 aliphatic rings. The van der Waals surface area contributed by atoms with E-state index in [1.165, 1.54) is 6.07 Å². The van der Waals surface area contributed by atoms with Crippen LogP contribution in [-0.4, -0.2) is 5.91 Å². The molecule has 2 aromatic carbocycles. The number of halogens is 2. The lowest BCUT2D eigenvalue weighted by Crippen LogP contribution is -2.14. The standard InChI is InChI=1S/C15H13BrFNO/c1-9-6-7-13(12(16)8-9)18-15(19)11-5-3-4-10(2)14(11)17/h3-8H,1-2H3,(H,18,19). The molecule has 0 aromatic heterocycles. The van der Waals surface area contributed by atoms with Gasteiger partial charge < -0.3 is 5.32 Å². The van der Waals surface area contributed by atoms with Crippen molar-refractivity contribution in [1.82, 2.24) is 0 Å². The Bertz CT molecular complexity index is 640. The summed E-state index contributed by atoms with van der Waals surface area (Å²) in [6.45, 7) is 3.59. The third-order valence-corrected chi connectivity index (χ3v) is 3.47. The van der Waals surface area contributed by atoms with Crippen molar-refractivity contribution in [2.45, 2.75) is 13.8 Å². The van der Waals surface area contributed by atoms with E-state index >= 15 is 0 Å². The van der Waals surface area contributed by atoms with Gasteiger partial charge in [-0.2, -0.15) is 0 Å². The van der Waals surface area contributed by atoms with Gasteiger partial charge in [0, 0.05) is 4.47 Å². The Balaban J connectivity index is 2.28. The second kappa shape index (κ2) is 5.53. The summed E-state index contributed by atoms with van der Waals surface area (Å²) in [6.07, 6.45) is 0. The molecule has 0 unspecified atom stereocenters. The van der Waals surface area contributed by atoms with Crippen LogP contribution >= 0.6 is 15.9 Å². The van der Waals surface area contributed by atoms with E-state index in [1.54, 1.807) is 25.1 Å². The molecule has 0 saturated carbocycles. The van der Waals surface area contributed by atoms with Crippen molar-refractivity contribution in [2.75, 3.05) is 5.32 Å². The van der Waals surface area contributed by atoms with Crippen LogP contribution in [0.15, 0.2) is 40.9 Å². The number of aryl methyl sites for hydroxylation is 2. The quantitative estimate of drug-likeness (QED) is 0.869. The molecule has 2 aromatic rings. The van der Waals surface area contributed by atoms with Crippen LogP contribution in [-0.2, 0) is 0 Å². The molecule has 1 N–H and O–H groups in total. The summed E-state index contributed by atoms with van der Waals surface area (Å²) in [5.41, 5.74) is 2.20. The van der Waals surface area contributed by atoms with Crippen LogP contribution in [0.3, 0.4) is 0 Å². The summed E-state index contributed by atoms with van der Waals surface area (Å²) in [5, 5.41) is 2.70. The van der Waals surface area contributed by atoms with E-state index in [-0.39, 0.29) is 5.56 Å². The van der Waals surface area contributed by atoms with Gasteiger partial charge in [0.1, 0.15) is 5.82 Å². The van der Waals surface area contributed by atoms with Gasteiger partial charge in [0.05, 0.1) is 11.3 Å². The van der Waals surface area contributed by atoms with Crippen LogP contribution in [0, 0.1) is 19.7 Å². The number of anilines is 1. The molecule has 0 atom stereocenters. The molecular weight excluding hydrogens is 309 g/mol. The van der Waals surface area contributed by atoms with E-state index in [1.807, 2.05) is 19.1 Å². The molecule has 0 spiro atoms. The molecule has 0 fully saturated rings. The molecule has 4 heteroatoms. The third-order valence-electron chi connectivity index (χ3n) is 2.81. The van der Waals surface area contributed by atoms with Gasteiger partial charge in [0.2, 0.25) is 0 Å². The smallest absolute Gasteiger partial charge is 0.258 e. The predicted octanol–water partition coefficient (Wildman–Crippen LogP) is 4.46. The maximum atomic E-state index is 13.8. The molecule has 0 bridgehead atoms. The molecule has 0 aliphatic carbocycles. The van der Waals surface area contributed by atoms with Crippen LogP contribution in [0.5, 0.6) is 0 Å². The molecule has 0 aliphatic heterocycles. The highest BCUT2D eigenvalue weighted by molar-refractivity contribution is 9.10. The highest BCUT2D eigenvalue weighted by atomic mass is 79.9. The Kier molecular flexibility index (Phi) is 4.00. The average molecular weight is 322 g/mol. The van der Waals surface area contributed by atoms with Gasteiger partial charge in [-0.3, -0.25) is 4.79 Å². The number of hydrogen-bond donors (Lipinski definition) is 1. The first-order chi connectivity index (χ1) is 8.99. The Morgan fingerprint density at radius 1 is 1.21 bits per heavy atom. The Hall–Kier alpha value is -1.68. The van der Waals surface area contributed by atoms with Crippen LogP contribution in [0.4, 0.5) is 10.1 Å². The topological polar surface area (TPSA) is 29.1 Å². The first-order valence-electron chi connectivity index (χ1n) is 5.81. The van der Waals surface area contributed by atoms with Crippen LogP contribution < -0.4 is 5.32 Å². The zero-order valence-electron chi connectivity index (χ0n) is 10.6. The number of carbonyl (C=O) groups is 1. The van der Waals surface area contributed by atoms with Gasteiger partial charge in [0.15, 0.2) is 0 Å². The van der Waals surface area contributed by atoms with Crippen LogP contribution in [0.25, 0.3) is 0 Å². The van der Waals surface area contributed by atoms with Gasteiger partial charge in [-0.15, -0.1) is 0 Å². The van der Waals surface area contributed by atoms with Crippen molar-refractivity contribution in [3.63, 3.8) is 0 Å². The van der Waals surface area contributed by atoms with Crippen molar-refractivity contribution < 1.29 is 9.18 Å². The highest BCUT2D eigenvalue weighted by Crippen LogP contribution is 2.24. The lowest BCUT2D eigenvalue weighted by Gasteiger charge is -2.09. The lowest BCUT2D eigenvalue weighted by atomic mass is 10.1. The summed E-state index contributed by atoms with van der Waals surface area (Å²) in [5.74, 6) is -0.936. The Morgan fingerprint density at radius 3 is 2.63 bits per heavy atom. The number of hydrogen-bond acceptors (Lipinski definition) is 1. The monoisotopic (exact) mass is 321 g/mol. The molecule has 0 saturated heterocycles. The molecule has 1 amide bonds. The number of benzene rings is 2. The van der Waals surface area contributed by atoms with Gasteiger partial charge in [-0.1, -0.05) is 18.2 Å². The maximum Gasteiger partial charge on any atom is 0.258 e. The highest BCUT2D eigenvalue weighted by Gasteiger charge is 2.14. The minimum absolute atomic E-state index is 0.0486. The molecule has 2 nitrogen and oxygen atoms in total. The fourth-order valence-electron chi connectivity index (χ4n) is 1.73. The van der Waals surface area contributed by atoms with Gasteiger partial charge in [0.25, 0.3) is 5.91 Å². The maximum absolute atomic E-state index is 13.8. The third kappa shape index (κ3) is 3.01. The minimum Gasteiger partial charge on any atom is -0.321 e. The Morgan fingerprint density at radius 2 is 1.95 bits per heavy atom. The summed E-state index contributed by atoms with van der Waals surface area (Å²) in [4.78, 5) is 12.1. The number of amides is 1. The van der Waals surface area contributed by atoms with E-state index < -0.39 is 11.7 Å². The summed E-state index contributed by atoms with van der Waals surface area (Å²) in [6, 6.07) is 10.3. The SMILES string of the molecule is Cc1ccc(NC(=O)c2cccc(C)c2F)c(Br)c1. The number of rotatable bonds is 2. The van der Waals surface area contributed by atoms with Crippen LogP contribution in [0.1, 0.15) is 21.5 Å². The zero-order valence-corrected chi connectivity index (χ0v) is 12.2. The molecule has 98 valence electrons. The molecule has 0 heterocycles. The fraction of sp³-hybridized carbons (Fsp3) is 0.133. The van der Waals surface area contributed by atoms with Crippen molar-refractivity contribution in [3.05, 3.63) is 63.4 Å². The number of nitrogens with one attached hydrogen (secondary N) is 1. The summed E-state index contributed by atoms with van der Waals surface area (Å²) < 4.78 is 14.6. The van der Waals surface area contributed by atoms with E-state index in [4.69, 9.17) is 0 Å². The van der Waals surface area contributed by atoms with Crippen molar-refractivity contribution >= 4 is 27.5 Å². The Labute approximate surface area is 119 Å². The molecule has 2 rings (SSSR count). The second-order valence-corrected chi connectivity index (χ2v) is 5.23. The van der Waals surface area contributed by atoms with E-state index in [0.29, 0.717) is 11.3 Å². The minimum atomic E-state index is -0.483. The van der Waals surface area contributed by atoms with Gasteiger partial charge >= 0.3 is 0 Å². The molecular formula is C15H13BrFNO. The predicted molar refractivity (Wildman–Crippen MR) is 78.0 cm³/mol. The second-order valence-electron chi connectivity index (χ2n) is 4.37. The first kappa shape index (κ1) is 13.7. The zero-order chi connectivity index (χ0) is 14.0. The van der Waals surface area contributed by atoms with Crippen molar-refractivity contribution in [2.24, 2.45) is 0 Å². The first-order valence-corrected chi connectivity index (χ1v) is 6.61. The molecule has 19 heavy (non-hydrogen) atoms. The normalized spacial score (nSPS) is 10.3. The van der Waals surface area contributed by atoms with Gasteiger partial charge in [-0.25, -0.2) is 4.39 Å². The summed E-state index contributed by atoms with van der Waals surface area (Å²) in [7, 11) is 0. The van der Waals surface area contributed by atoms with E-state index in [0.717, 1.165) is 10.0 Å². The molecule has 0 radical (unpaired) electrons. The number of carbonyl (C=O) groups excluding carboxylic acids is 1. The lowest BCUT2D eigenvalue weighted by molar-refractivity contribution is 0.102. The van der Waals surface area contributed by atoms with E-state index in [2.05, 4.69) is 21.2 Å². The fourth-order valence-corrected chi connectivity index (χ4v) is 2.33.